The molecule has 0 saturated carbocycles. The summed E-state index contributed by atoms with van der Waals surface area (Å²) in [5.74, 6) is -0.931. The number of nitrogens with one attached hydrogen (secondary N) is 1. The van der Waals surface area contributed by atoms with Gasteiger partial charge in [0.15, 0.2) is 0 Å². The first kappa shape index (κ1) is 25.0. The van der Waals surface area contributed by atoms with Gasteiger partial charge in [0.2, 0.25) is 21.8 Å². The molecule has 2 amide bonds. The normalized spacial score (nSPS) is 16.3. The van der Waals surface area contributed by atoms with Crippen LogP contribution in [0.4, 0.5) is 11.4 Å². The fraction of sp³-hybridized carbons (Fsp3) is 0.391. The highest BCUT2D eigenvalue weighted by Gasteiger charge is 2.36. The van der Waals surface area contributed by atoms with Crippen LogP contribution in [0.2, 0.25) is 5.02 Å². The highest BCUT2D eigenvalue weighted by atomic mass is 35.5. The molecule has 3 rings (SSSR count). The first-order chi connectivity index (χ1) is 15.7. The molecule has 0 spiro atoms. The Bertz CT molecular complexity index is 1130. The third kappa shape index (κ3) is 5.31. The van der Waals surface area contributed by atoms with Crippen molar-refractivity contribution in [1.29, 1.82) is 0 Å². The molecule has 0 aliphatic carbocycles. The van der Waals surface area contributed by atoms with E-state index in [-0.39, 0.29) is 35.4 Å². The van der Waals surface area contributed by atoms with Gasteiger partial charge >= 0.3 is 0 Å². The Morgan fingerprint density at radius 3 is 2.52 bits per heavy atom. The van der Waals surface area contributed by atoms with E-state index in [1.54, 1.807) is 51.1 Å². The lowest BCUT2D eigenvalue weighted by Gasteiger charge is -2.21. The van der Waals surface area contributed by atoms with Crippen molar-refractivity contribution in [2.24, 2.45) is 5.92 Å². The summed E-state index contributed by atoms with van der Waals surface area (Å²) in [5.41, 5.74) is 0.881. The topological polar surface area (TPSA) is 96.0 Å². The maximum atomic E-state index is 13.1. The molecule has 1 heterocycles. The number of ether oxygens (including phenoxy) is 1. The van der Waals surface area contributed by atoms with Crippen LogP contribution in [0, 0.1) is 5.92 Å². The molecule has 1 aliphatic rings. The molecule has 1 atom stereocenters. The van der Waals surface area contributed by atoms with Gasteiger partial charge in [-0.2, -0.15) is 4.31 Å². The zero-order valence-corrected chi connectivity index (χ0v) is 20.4. The SMILES string of the molecule is CCOc1ccc(NC(=O)C2CC(=O)N(c3ccccc3Cl)C2)cc1S(=O)(=O)N(CC)CC. The number of rotatable bonds is 9. The van der Waals surface area contributed by atoms with Crippen molar-refractivity contribution in [2.75, 3.05) is 36.5 Å². The first-order valence-electron chi connectivity index (χ1n) is 10.9. The van der Waals surface area contributed by atoms with E-state index >= 15 is 0 Å². The van der Waals surface area contributed by atoms with Crippen LogP contribution < -0.4 is 15.0 Å². The molecule has 10 heteroatoms. The van der Waals surface area contributed by atoms with Gasteiger partial charge in [-0.15, -0.1) is 0 Å². The van der Waals surface area contributed by atoms with Gasteiger partial charge in [-0.1, -0.05) is 37.6 Å². The number of halogens is 1. The average molecular weight is 494 g/mol. The van der Waals surface area contributed by atoms with Gasteiger partial charge in [0, 0.05) is 31.7 Å². The fourth-order valence-electron chi connectivity index (χ4n) is 3.80. The predicted octanol–water partition coefficient (Wildman–Crippen LogP) is 3.76. The average Bonchev–Trinajstić information content (AvgIpc) is 3.17. The molecular weight excluding hydrogens is 466 g/mol. The molecule has 2 aromatic carbocycles. The van der Waals surface area contributed by atoms with E-state index in [1.807, 2.05) is 0 Å². The summed E-state index contributed by atoms with van der Waals surface area (Å²) in [6, 6.07) is 11.5. The van der Waals surface area contributed by atoms with E-state index < -0.39 is 15.9 Å². The Morgan fingerprint density at radius 1 is 1.18 bits per heavy atom. The van der Waals surface area contributed by atoms with E-state index in [1.165, 1.54) is 21.3 Å². The third-order valence-corrected chi connectivity index (χ3v) is 7.86. The lowest BCUT2D eigenvalue weighted by Crippen LogP contribution is -2.31. The van der Waals surface area contributed by atoms with Crippen LogP contribution in [0.15, 0.2) is 47.4 Å². The summed E-state index contributed by atoms with van der Waals surface area (Å²) in [5, 5.41) is 3.19. The number of amides is 2. The maximum Gasteiger partial charge on any atom is 0.246 e. The molecule has 1 unspecified atom stereocenters. The number of hydrogen-bond acceptors (Lipinski definition) is 5. The molecule has 1 saturated heterocycles. The van der Waals surface area contributed by atoms with E-state index in [0.717, 1.165) is 0 Å². The largest absolute Gasteiger partial charge is 0.492 e. The Morgan fingerprint density at radius 2 is 1.88 bits per heavy atom. The number of carbonyl (C=O) groups is 2. The molecule has 8 nitrogen and oxygen atoms in total. The summed E-state index contributed by atoms with van der Waals surface area (Å²) < 4.78 is 33.1. The van der Waals surface area contributed by atoms with Crippen molar-refractivity contribution in [3.63, 3.8) is 0 Å². The minimum absolute atomic E-state index is 0.00829. The minimum Gasteiger partial charge on any atom is -0.492 e. The Hall–Kier alpha value is -2.62. The Labute approximate surface area is 199 Å². The van der Waals surface area contributed by atoms with Gasteiger partial charge in [0.1, 0.15) is 10.6 Å². The second-order valence-electron chi connectivity index (χ2n) is 7.53. The summed E-state index contributed by atoms with van der Waals surface area (Å²) in [6.45, 7) is 6.39. The van der Waals surface area contributed by atoms with Crippen LogP contribution in [-0.4, -0.2) is 50.8 Å². The summed E-state index contributed by atoms with van der Waals surface area (Å²) >= 11 is 6.21. The van der Waals surface area contributed by atoms with Crippen molar-refractivity contribution in [3.8, 4) is 5.75 Å². The molecule has 178 valence electrons. The minimum atomic E-state index is -3.81. The standard InChI is InChI=1S/C23H28ClN3O5S/c1-4-26(5-2)33(30,31)21-14-17(11-12-20(21)32-6-3)25-23(29)16-13-22(28)27(15-16)19-10-8-7-9-18(19)24/h7-12,14,16H,4-6,13,15H2,1-3H3,(H,25,29). The Kier molecular flexibility index (Phi) is 7.99. The first-order valence-corrected chi connectivity index (χ1v) is 12.7. The molecule has 1 N–H and O–H groups in total. The van der Waals surface area contributed by atoms with Crippen LogP contribution in [0.5, 0.6) is 5.75 Å². The van der Waals surface area contributed by atoms with Gasteiger partial charge in [0.05, 0.1) is 23.2 Å². The van der Waals surface area contributed by atoms with E-state index in [9.17, 15) is 18.0 Å². The van der Waals surface area contributed by atoms with Crippen molar-refractivity contribution < 1.29 is 22.7 Å². The quantitative estimate of drug-likeness (QED) is 0.573. The number of benzene rings is 2. The van der Waals surface area contributed by atoms with Crippen molar-refractivity contribution >= 4 is 44.8 Å². The lowest BCUT2D eigenvalue weighted by molar-refractivity contribution is -0.122. The lowest BCUT2D eigenvalue weighted by atomic mass is 10.1. The molecule has 1 fully saturated rings. The molecule has 0 aromatic heterocycles. The van der Waals surface area contributed by atoms with E-state index in [0.29, 0.717) is 36.1 Å². The predicted molar refractivity (Wildman–Crippen MR) is 128 cm³/mol. The second kappa shape index (κ2) is 10.5. The fourth-order valence-corrected chi connectivity index (χ4v) is 5.65. The van der Waals surface area contributed by atoms with Gasteiger partial charge in [0.25, 0.3) is 0 Å². The molecule has 0 radical (unpaired) electrons. The van der Waals surface area contributed by atoms with Crippen molar-refractivity contribution in [2.45, 2.75) is 32.1 Å². The maximum absolute atomic E-state index is 13.1. The molecule has 0 bridgehead atoms. The number of nitrogens with zero attached hydrogens (tertiary/aromatic N) is 2. The highest BCUT2D eigenvalue weighted by molar-refractivity contribution is 7.89. The molecule has 33 heavy (non-hydrogen) atoms. The number of hydrogen-bond donors (Lipinski definition) is 1. The summed E-state index contributed by atoms with van der Waals surface area (Å²) in [7, 11) is -3.81. The van der Waals surface area contributed by atoms with E-state index in [4.69, 9.17) is 16.3 Å². The van der Waals surface area contributed by atoms with Crippen LogP contribution in [0.3, 0.4) is 0 Å². The third-order valence-electron chi connectivity index (χ3n) is 5.47. The smallest absolute Gasteiger partial charge is 0.246 e. The Balaban J connectivity index is 1.83. The summed E-state index contributed by atoms with van der Waals surface area (Å²) in [6.07, 6.45) is 0.0404. The van der Waals surface area contributed by atoms with Crippen molar-refractivity contribution in [1.82, 2.24) is 4.31 Å². The zero-order valence-electron chi connectivity index (χ0n) is 18.9. The summed E-state index contributed by atoms with van der Waals surface area (Å²) in [4.78, 5) is 26.9. The van der Waals surface area contributed by atoms with Gasteiger partial charge < -0.3 is 15.0 Å². The second-order valence-corrected chi connectivity index (χ2v) is 9.84. The van der Waals surface area contributed by atoms with Crippen LogP contribution in [0.25, 0.3) is 0 Å². The monoisotopic (exact) mass is 493 g/mol. The number of para-hydroxylation sites is 1. The molecular formula is C23H28ClN3O5S. The van der Waals surface area contributed by atoms with Gasteiger partial charge in [-0.25, -0.2) is 8.42 Å². The number of carbonyl (C=O) groups excluding carboxylic acids is 2. The van der Waals surface area contributed by atoms with Gasteiger partial charge in [-0.05, 0) is 37.3 Å². The van der Waals surface area contributed by atoms with Crippen LogP contribution >= 0.6 is 11.6 Å². The zero-order chi connectivity index (χ0) is 24.2. The van der Waals surface area contributed by atoms with Crippen LogP contribution in [-0.2, 0) is 19.6 Å². The van der Waals surface area contributed by atoms with Crippen LogP contribution in [0.1, 0.15) is 27.2 Å². The van der Waals surface area contributed by atoms with Crippen molar-refractivity contribution in [3.05, 3.63) is 47.5 Å². The van der Waals surface area contributed by atoms with E-state index in [2.05, 4.69) is 5.32 Å². The number of anilines is 2. The number of sulfonamides is 1. The molecule has 2 aromatic rings. The molecule has 1 aliphatic heterocycles. The van der Waals surface area contributed by atoms with Gasteiger partial charge in [-0.3, -0.25) is 9.59 Å². The highest BCUT2D eigenvalue weighted by Crippen LogP contribution is 2.33.